The normalized spacial score (nSPS) is 12.7. The zero-order valence-corrected chi connectivity index (χ0v) is 10.2. The Hall–Kier alpha value is -0.840. The summed E-state index contributed by atoms with van der Waals surface area (Å²) in [6.07, 6.45) is 1.66. The predicted octanol–water partition coefficient (Wildman–Crippen LogP) is 2.86. The van der Waals surface area contributed by atoms with Crippen LogP contribution in [0.1, 0.15) is 4.88 Å². The summed E-state index contributed by atoms with van der Waals surface area (Å²) >= 11 is 0.521. The molecule has 0 fully saturated rings. The number of aromatic nitrogens is 1. The molecule has 4 heteroatoms. The van der Waals surface area contributed by atoms with Crippen molar-refractivity contribution in [1.29, 1.82) is 0 Å². The van der Waals surface area contributed by atoms with Gasteiger partial charge in [0.25, 0.3) is 0 Å². The molecule has 0 bridgehead atoms. The van der Waals surface area contributed by atoms with Crippen molar-refractivity contribution < 1.29 is 4.55 Å². The second-order valence-corrected chi connectivity index (χ2v) is 5.96. The maximum absolute atomic E-state index is 11.3. The number of hydrogen-bond donors (Lipinski definition) is 0. The van der Waals surface area contributed by atoms with E-state index >= 15 is 0 Å². The summed E-state index contributed by atoms with van der Waals surface area (Å²) in [6, 6.07) is 9.98. The summed E-state index contributed by atoms with van der Waals surface area (Å²) in [6.45, 7) is 2.01. The third kappa shape index (κ3) is 2.22. The minimum atomic E-state index is -0.985. The van der Waals surface area contributed by atoms with E-state index in [2.05, 4.69) is 4.98 Å². The van der Waals surface area contributed by atoms with Gasteiger partial charge < -0.3 is 4.55 Å². The van der Waals surface area contributed by atoms with E-state index in [1.54, 1.807) is 6.26 Å². The number of benzene rings is 1. The van der Waals surface area contributed by atoms with Gasteiger partial charge in [0.1, 0.15) is 6.26 Å². The van der Waals surface area contributed by atoms with Crippen molar-refractivity contribution >= 4 is 22.5 Å². The van der Waals surface area contributed by atoms with E-state index in [0.29, 0.717) is 4.34 Å². The highest BCUT2D eigenvalue weighted by molar-refractivity contribution is 7.92. The van der Waals surface area contributed by atoms with E-state index in [9.17, 15) is 4.55 Å². The Labute approximate surface area is 96.2 Å². The van der Waals surface area contributed by atoms with Crippen LogP contribution in [0.5, 0.6) is 0 Å². The van der Waals surface area contributed by atoms with Crippen molar-refractivity contribution in [1.82, 2.24) is 4.98 Å². The van der Waals surface area contributed by atoms with Crippen molar-refractivity contribution in [3.8, 4) is 11.3 Å². The zero-order valence-electron chi connectivity index (χ0n) is 8.56. The molecule has 0 spiro atoms. The van der Waals surface area contributed by atoms with Gasteiger partial charge in [-0.2, -0.15) is 4.98 Å². The van der Waals surface area contributed by atoms with Crippen molar-refractivity contribution in [2.45, 2.75) is 11.3 Å². The van der Waals surface area contributed by atoms with Crippen molar-refractivity contribution in [2.75, 3.05) is 6.26 Å². The minimum Gasteiger partial charge on any atom is -0.610 e. The first kappa shape index (κ1) is 10.7. The second kappa shape index (κ2) is 4.35. The van der Waals surface area contributed by atoms with E-state index in [4.69, 9.17) is 0 Å². The fourth-order valence-electron chi connectivity index (χ4n) is 1.36. The highest BCUT2D eigenvalue weighted by atomic mass is 32.2. The van der Waals surface area contributed by atoms with Crippen LogP contribution < -0.4 is 0 Å². The molecule has 2 aromatic rings. The molecule has 78 valence electrons. The zero-order chi connectivity index (χ0) is 10.8. The number of aryl methyl sites for hydroxylation is 1. The predicted molar refractivity (Wildman–Crippen MR) is 64.6 cm³/mol. The molecule has 0 N–H and O–H groups in total. The second-order valence-electron chi connectivity index (χ2n) is 3.20. The van der Waals surface area contributed by atoms with E-state index in [-0.39, 0.29) is 0 Å². The first-order valence-corrected chi connectivity index (χ1v) is 6.92. The molecule has 0 saturated carbocycles. The quantitative estimate of drug-likeness (QED) is 0.753. The molecule has 15 heavy (non-hydrogen) atoms. The van der Waals surface area contributed by atoms with Crippen molar-refractivity contribution in [3.05, 3.63) is 35.2 Å². The molecule has 0 aliphatic carbocycles. The third-order valence-electron chi connectivity index (χ3n) is 2.07. The Morgan fingerprint density at radius 3 is 2.47 bits per heavy atom. The fourth-order valence-corrected chi connectivity index (χ4v) is 3.08. The largest absolute Gasteiger partial charge is 0.610 e. The first-order valence-electron chi connectivity index (χ1n) is 4.55. The van der Waals surface area contributed by atoms with Gasteiger partial charge in [0, 0.05) is 21.6 Å². The van der Waals surface area contributed by atoms with Gasteiger partial charge in [0.2, 0.25) is 0 Å². The highest BCUT2D eigenvalue weighted by Crippen LogP contribution is 2.29. The standard InChI is InChI=1S/C11H11NOS2/c1-8-10(9-6-4-3-5-7-9)12-11(14-8)15(2)13/h3-7H,1-2H3. The van der Waals surface area contributed by atoms with Crippen LogP contribution in [0.4, 0.5) is 0 Å². The summed E-state index contributed by atoms with van der Waals surface area (Å²) in [5.74, 6) is 0. The molecule has 1 atom stereocenters. The number of rotatable bonds is 2. The van der Waals surface area contributed by atoms with Crippen LogP contribution in [0.2, 0.25) is 0 Å². The average Bonchev–Trinajstić information content (AvgIpc) is 2.62. The Morgan fingerprint density at radius 1 is 1.27 bits per heavy atom. The van der Waals surface area contributed by atoms with Gasteiger partial charge in [-0.3, -0.25) is 0 Å². The van der Waals surface area contributed by atoms with Crippen LogP contribution in [-0.4, -0.2) is 15.8 Å². The summed E-state index contributed by atoms with van der Waals surface area (Å²) in [7, 11) is 0. The number of thiazole rings is 1. The molecular weight excluding hydrogens is 226 g/mol. The van der Waals surface area contributed by atoms with Gasteiger partial charge in [-0.1, -0.05) is 41.7 Å². The van der Waals surface area contributed by atoms with Gasteiger partial charge in [-0.25, -0.2) is 0 Å². The van der Waals surface area contributed by atoms with E-state index in [1.165, 1.54) is 11.3 Å². The lowest BCUT2D eigenvalue weighted by molar-refractivity contribution is 0.600. The van der Waals surface area contributed by atoms with Crippen LogP contribution in [0, 0.1) is 6.92 Å². The molecule has 1 unspecified atom stereocenters. The van der Waals surface area contributed by atoms with Crippen LogP contribution >= 0.6 is 11.3 Å². The van der Waals surface area contributed by atoms with Crippen molar-refractivity contribution in [2.24, 2.45) is 0 Å². The van der Waals surface area contributed by atoms with Crippen LogP contribution in [0.25, 0.3) is 11.3 Å². The topological polar surface area (TPSA) is 36.0 Å². The molecular formula is C11H11NOS2. The van der Waals surface area contributed by atoms with E-state index in [1.807, 2.05) is 37.3 Å². The summed E-state index contributed by atoms with van der Waals surface area (Å²) in [4.78, 5) is 5.51. The lowest BCUT2D eigenvalue weighted by Gasteiger charge is -1.97. The lowest BCUT2D eigenvalue weighted by Crippen LogP contribution is -1.95. The maximum Gasteiger partial charge on any atom is 0.302 e. The SMILES string of the molecule is Cc1sc([S+](C)[O-])nc1-c1ccccc1. The Bertz CT molecular complexity index is 451. The molecule has 0 saturated heterocycles. The summed E-state index contributed by atoms with van der Waals surface area (Å²) in [5.41, 5.74) is 2.04. The molecule has 2 nitrogen and oxygen atoms in total. The number of hydrogen-bond acceptors (Lipinski definition) is 3. The number of nitrogens with zero attached hydrogens (tertiary/aromatic N) is 1. The van der Waals surface area contributed by atoms with Gasteiger partial charge in [0.15, 0.2) is 0 Å². The summed E-state index contributed by atoms with van der Waals surface area (Å²) in [5, 5.41) is 0. The minimum absolute atomic E-state index is 0.700. The Morgan fingerprint density at radius 2 is 1.93 bits per heavy atom. The van der Waals surface area contributed by atoms with Gasteiger partial charge in [-0.15, -0.1) is 0 Å². The van der Waals surface area contributed by atoms with Crippen LogP contribution in [-0.2, 0) is 11.2 Å². The Balaban J connectivity index is 2.45. The lowest BCUT2D eigenvalue weighted by atomic mass is 10.1. The maximum atomic E-state index is 11.3. The third-order valence-corrected chi connectivity index (χ3v) is 4.37. The van der Waals surface area contributed by atoms with Crippen molar-refractivity contribution in [3.63, 3.8) is 0 Å². The molecule has 0 aliphatic rings. The van der Waals surface area contributed by atoms with Gasteiger partial charge in [-0.05, 0) is 6.92 Å². The molecule has 2 rings (SSSR count). The van der Waals surface area contributed by atoms with E-state index < -0.39 is 11.2 Å². The molecule has 1 heterocycles. The van der Waals surface area contributed by atoms with E-state index in [0.717, 1.165) is 16.1 Å². The molecule has 0 radical (unpaired) electrons. The molecule has 1 aromatic heterocycles. The van der Waals surface area contributed by atoms with Crippen LogP contribution in [0.3, 0.4) is 0 Å². The fraction of sp³-hybridized carbons (Fsp3) is 0.182. The first-order chi connectivity index (χ1) is 7.18. The summed E-state index contributed by atoms with van der Waals surface area (Å²) < 4.78 is 12.0. The monoisotopic (exact) mass is 237 g/mol. The molecule has 1 aromatic carbocycles. The average molecular weight is 237 g/mol. The smallest absolute Gasteiger partial charge is 0.302 e. The molecule has 0 amide bonds. The highest BCUT2D eigenvalue weighted by Gasteiger charge is 2.15. The van der Waals surface area contributed by atoms with Gasteiger partial charge in [0.05, 0.1) is 5.69 Å². The van der Waals surface area contributed by atoms with Crippen LogP contribution in [0.15, 0.2) is 34.7 Å². The van der Waals surface area contributed by atoms with Gasteiger partial charge >= 0.3 is 4.34 Å². The molecule has 0 aliphatic heterocycles. The Kier molecular flexibility index (Phi) is 3.09.